The number of hydrogen-bond acceptors (Lipinski definition) is 3. The number of fused-ring (bicyclic) bond motifs is 1. The van der Waals surface area contributed by atoms with Gasteiger partial charge in [0.25, 0.3) is 0 Å². The Labute approximate surface area is 149 Å². The van der Waals surface area contributed by atoms with Crippen LogP contribution in [0.2, 0.25) is 0 Å². The van der Waals surface area contributed by atoms with Crippen LogP contribution in [0.3, 0.4) is 0 Å². The first-order chi connectivity index (χ1) is 12.2. The smallest absolute Gasteiger partial charge is 0.398 e. The largest absolute Gasteiger partial charge is 0.490 e. The van der Waals surface area contributed by atoms with E-state index in [9.17, 15) is 17.6 Å². The lowest BCUT2D eigenvalue weighted by molar-refractivity contribution is -0.148. The summed E-state index contributed by atoms with van der Waals surface area (Å²) in [5.41, 5.74) is 6.34. The van der Waals surface area contributed by atoms with Crippen LogP contribution in [0.25, 0.3) is 11.3 Å². The highest BCUT2D eigenvalue weighted by molar-refractivity contribution is 5.70. The molecule has 0 saturated heterocycles. The molecule has 0 amide bonds. The van der Waals surface area contributed by atoms with Crippen molar-refractivity contribution in [3.8, 4) is 17.0 Å². The van der Waals surface area contributed by atoms with Crippen molar-refractivity contribution >= 4 is 0 Å². The predicted molar refractivity (Wildman–Crippen MR) is 90.6 cm³/mol. The molecule has 7 heteroatoms. The lowest BCUT2D eigenvalue weighted by Crippen LogP contribution is -2.29. The minimum atomic E-state index is -4.50. The second kappa shape index (κ2) is 6.54. The molecule has 1 aromatic carbocycles. The van der Waals surface area contributed by atoms with Crippen molar-refractivity contribution in [2.45, 2.75) is 37.8 Å². The summed E-state index contributed by atoms with van der Waals surface area (Å²) in [5.74, 6) is -1.84. The minimum absolute atomic E-state index is 0.136. The molecule has 3 rings (SSSR count). The molecule has 2 atom stereocenters. The highest BCUT2D eigenvalue weighted by Crippen LogP contribution is 2.47. The third-order valence-electron chi connectivity index (χ3n) is 5.06. The number of nitrogens with two attached hydrogens (primary N) is 1. The number of alkyl halides is 3. The summed E-state index contributed by atoms with van der Waals surface area (Å²) in [6.45, 7) is 3.67. The summed E-state index contributed by atoms with van der Waals surface area (Å²) >= 11 is 0. The Morgan fingerprint density at radius 1 is 1.27 bits per heavy atom. The number of hydrogen-bond donors (Lipinski definition) is 1. The number of rotatable bonds is 4. The SMILES string of the molecule is CCC1(C)COc2c1cc(C(CN)C(F)(F)F)nc2-c1ccc(F)cc1. The molecule has 0 radical (unpaired) electrons. The zero-order chi connectivity index (χ0) is 19.1. The third-order valence-corrected chi connectivity index (χ3v) is 5.06. The Kier molecular flexibility index (Phi) is 4.69. The van der Waals surface area contributed by atoms with E-state index in [-0.39, 0.29) is 11.4 Å². The summed E-state index contributed by atoms with van der Waals surface area (Å²) in [5, 5.41) is 0. The van der Waals surface area contributed by atoms with Crippen molar-refractivity contribution in [3.63, 3.8) is 0 Å². The van der Waals surface area contributed by atoms with E-state index < -0.39 is 29.9 Å². The van der Waals surface area contributed by atoms with Gasteiger partial charge in [0.1, 0.15) is 23.2 Å². The Morgan fingerprint density at radius 2 is 1.92 bits per heavy atom. The van der Waals surface area contributed by atoms with E-state index in [2.05, 4.69) is 4.98 Å². The van der Waals surface area contributed by atoms with Gasteiger partial charge >= 0.3 is 6.18 Å². The van der Waals surface area contributed by atoms with E-state index in [0.29, 0.717) is 29.9 Å². The van der Waals surface area contributed by atoms with Gasteiger partial charge in [0, 0.05) is 23.1 Å². The maximum absolute atomic E-state index is 13.4. The number of halogens is 4. The minimum Gasteiger partial charge on any atom is -0.490 e. The lowest BCUT2D eigenvalue weighted by atomic mass is 9.81. The van der Waals surface area contributed by atoms with E-state index in [1.165, 1.54) is 30.3 Å². The second-order valence-electron chi connectivity index (χ2n) is 6.81. The molecule has 1 aromatic heterocycles. The molecule has 0 aliphatic carbocycles. The molecular formula is C19H20F4N2O. The van der Waals surface area contributed by atoms with Crippen molar-refractivity contribution in [2.24, 2.45) is 5.73 Å². The molecule has 0 bridgehead atoms. The molecule has 0 saturated carbocycles. The van der Waals surface area contributed by atoms with Gasteiger partial charge in [-0.15, -0.1) is 0 Å². The van der Waals surface area contributed by atoms with Crippen LogP contribution in [0.4, 0.5) is 17.6 Å². The van der Waals surface area contributed by atoms with Gasteiger partial charge in [-0.3, -0.25) is 0 Å². The predicted octanol–water partition coefficient (Wildman–Crippen LogP) is 4.55. The highest BCUT2D eigenvalue weighted by atomic mass is 19.4. The van der Waals surface area contributed by atoms with Gasteiger partial charge in [0.05, 0.1) is 12.3 Å². The fourth-order valence-electron chi connectivity index (χ4n) is 3.15. The van der Waals surface area contributed by atoms with Crippen molar-refractivity contribution in [1.82, 2.24) is 4.98 Å². The van der Waals surface area contributed by atoms with Crippen molar-refractivity contribution in [1.29, 1.82) is 0 Å². The highest BCUT2D eigenvalue weighted by Gasteiger charge is 2.44. The Morgan fingerprint density at radius 3 is 2.46 bits per heavy atom. The van der Waals surface area contributed by atoms with Gasteiger partial charge in [-0.05, 0) is 36.8 Å². The number of aromatic nitrogens is 1. The van der Waals surface area contributed by atoms with Gasteiger partial charge < -0.3 is 10.5 Å². The molecule has 2 N–H and O–H groups in total. The molecular weight excluding hydrogens is 348 g/mol. The first-order valence-corrected chi connectivity index (χ1v) is 8.40. The monoisotopic (exact) mass is 368 g/mol. The topological polar surface area (TPSA) is 48.1 Å². The second-order valence-corrected chi connectivity index (χ2v) is 6.81. The van der Waals surface area contributed by atoms with Gasteiger partial charge in [-0.2, -0.15) is 13.2 Å². The van der Waals surface area contributed by atoms with Gasteiger partial charge in [0.2, 0.25) is 0 Å². The molecule has 26 heavy (non-hydrogen) atoms. The van der Waals surface area contributed by atoms with Gasteiger partial charge in [-0.1, -0.05) is 13.8 Å². The number of nitrogens with zero attached hydrogens (tertiary/aromatic N) is 1. The molecule has 0 fully saturated rings. The molecule has 1 aliphatic rings. The zero-order valence-corrected chi connectivity index (χ0v) is 14.5. The lowest BCUT2D eigenvalue weighted by Gasteiger charge is -2.23. The molecule has 0 spiro atoms. The van der Waals surface area contributed by atoms with Crippen molar-refractivity contribution in [2.75, 3.05) is 13.2 Å². The summed E-state index contributed by atoms with van der Waals surface area (Å²) in [6.07, 6.45) is -3.80. The molecule has 2 heterocycles. The van der Waals surface area contributed by atoms with E-state index in [1.54, 1.807) is 0 Å². The Bertz CT molecular complexity index is 804. The van der Waals surface area contributed by atoms with Gasteiger partial charge in [0.15, 0.2) is 0 Å². The van der Waals surface area contributed by atoms with Gasteiger partial charge in [-0.25, -0.2) is 9.37 Å². The molecule has 2 unspecified atom stereocenters. The summed E-state index contributed by atoms with van der Waals surface area (Å²) in [6, 6.07) is 6.92. The van der Waals surface area contributed by atoms with E-state index in [0.717, 1.165) is 0 Å². The molecule has 1 aliphatic heterocycles. The number of pyridine rings is 1. The quantitative estimate of drug-likeness (QED) is 0.806. The zero-order valence-electron chi connectivity index (χ0n) is 14.5. The fraction of sp³-hybridized carbons (Fsp3) is 0.421. The van der Waals surface area contributed by atoms with Crippen LogP contribution in [0.15, 0.2) is 30.3 Å². The average Bonchev–Trinajstić information content (AvgIpc) is 2.92. The number of ether oxygens (including phenoxy) is 1. The van der Waals surface area contributed by atoms with Crippen molar-refractivity contribution in [3.05, 3.63) is 47.4 Å². The van der Waals surface area contributed by atoms with Crippen LogP contribution in [0, 0.1) is 5.82 Å². The maximum atomic E-state index is 13.4. The maximum Gasteiger partial charge on any atom is 0.398 e. The van der Waals surface area contributed by atoms with Crippen LogP contribution in [-0.2, 0) is 5.41 Å². The average molecular weight is 368 g/mol. The first-order valence-electron chi connectivity index (χ1n) is 8.40. The van der Waals surface area contributed by atoms with Crippen LogP contribution in [0.5, 0.6) is 5.75 Å². The molecule has 3 nitrogen and oxygen atoms in total. The Balaban J connectivity index is 2.24. The standard InChI is InChI=1S/C19H20F4N2O/c1-3-18(2)10-26-17-13(18)8-15(14(9-24)19(21,22)23)25-16(17)11-4-6-12(20)7-5-11/h4-8,14H,3,9-10,24H2,1-2H3. The van der Waals surface area contributed by atoms with Crippen molar-refractivity contribution < 1.29 is 22.3 Å². The molecule has 2 aromatic rings. The summed E-state index contributed by atoms with van der Waals surface area (Å²) in [7, 11) is 0. The summed E-state index contributed by atoms with van der Waals surface area (Å²) < 4.78 is 59.3. The van der Waals surface area contributed by atoms with E-state index in [1.807, 2.05) is 13.8 Å². The van der Waals surface area contributed by atoms with Crippen LogP contribution in [0.1, 0.15) is 37.4 Å². The third kappa shape index (κ3) is 3.16. The summed E-state index contributed by atoms with van der Waals surface area (Å²) in [4.78, 5) is 4.23. The fourth-order valence-corrected chi connectivity index (χ4v) is 3.15. The normalized spacial score (nSPS) is 20.6. The van der Waals surface area contributed by atoms with E-state index in [4.69, 9.17) is 10.5 Å². The van der Waals surface area contributed by atoms with E-state index >= 15 is 0 Å². The number of benzene rings is 1. The van der Waals surface area contributed by atoms with Crippen LogP contribution in [-0.4, -0.2) is 24.3 Å². The van der Waals surface area contributed by atoms with Crippen LogP contribution < -0.4 is 10.5 Å². The first kappa shape index (κ1) is 18.6. The Hall–Kier alpha value is -2.15. The van der Waals surface area contributed by atoms with Crippen LogP contribution >= 0.6 is 0 Å². The molecule has 140 valence electrons.